The highest BCUT2D eigenvalue weighted by atomic mass is 16.7. The third kappa shape index (κ3) is 5.97. The van der Waals surface area contributed by atoms with Crippen LogP contribution in [0, 0.1) is 0 Å². The topological polar surface area (TPSA) is 71.1 Å². The van der Waals surface area contributed by atoms with Gasteiger partial charge in [-0.1, -0.05) is 18.2 Å². The molecule has 0 radical (unpaired) electrons. The molecule has 0 aliphatic carbocycles. The quantitative estimate of drug-likeness (QED) is 0.381. The van der Waals surface area contributed by atoms with Crippen LogP contribution in [-0.2, 0) is 23.8 Å². The summed E-state index contributed by atoms with van der Waals surface area (Å²) < 4.78 is 21.8. The molecule has 0 aromatic heterocycles. The fraction of sp³-hybridized carbons (Fsp3) is 0.500. The number of esters is 1. The van der Waals surface area contributed by atoms with E-state index in [2.05, 4.69) is 6.58 Å². The first kappa shape index (κ1) is 20.1. The van der Waals surface area contributed by atoms with E-state index >= 15 is 0 Å². The maximum Gasteiger partial charge on any atom is 0.313 e. The molecular weight excluding hydrogens is 336 g/mol. The molecule has 1 aromatic carbocycles. The Labute approximate surface area is 154 Å². The number of carbonyl (C=O) groups excluding carboxylic acids is 2. The Bertz CT molecular complexity index is 609. The number of hydrogen-bond acceptors (Lipinski definition) is 6. The van der Waals surface area contributed by atoms with Crippen LogP contribution in [0.25, 0.3) is 0 Å². The van der Waals surface area contributed by atoms with Crippen molar-refractivity contribution in [2.45, 2.75) is 51.1 Å². The molecule has 3 atom stereocenters. The second-order valence-electron chi connectivity index (χ2n) is 6.07. The summed E-state index contributed by atoms with van der Waals surface area (Å²) in [7, 11) is 1.61. The van der Waals surface area contributed by atoms with E-state index in [4.69, 9.17) is 18.9 Å². The number of carbonyl (C=O) groups is 2. The molecule has 1 aliphatic rings. The summed E-state index contributed by atoms with van der Waals surface area (Å²) in [5.41, 5.74) is 0.875. The minimum atomic E-state index is -0.525. The second-order valence-corrected chi connectivity index (χ2v) is 6.07. The minimum Gasteiger partial charge on any atom is -0.497 e. The fourth-order valence-corrected chi connectivity index (χ4v) is 2.78. The molecule has 1 fully saturated rings. The summed E-state index contributed by atoms with van der Waals surface area (Å²) in [6.45, 7) is 5.79. The zero-order valence-corrected chi connectivity index (χ0v) is 15.3. The van der Waals surface area contributed by atoms with Crippen LogP contribution in [0.5, 0.6) is 5.75 Å². The third-order valence-electron chi connectivity index (χ3n) is 4.15. The zero-order chi connectivity index (χ0) is 18.9. The van der Waals surface area contributed by atoms with E-state index in [1.807, 2.05) is 24.3 Å². The number of hydrogen-bond donors (Lipinski definition) is 0. The Morgan fingerprint density at radius 3 is 2.62 bits per heavy atom. The van der Waals surface area contributed by atoms with Crippen LogP contribution in [0.1, 0.15) is 44.5 Å². The van der Waals surface area contributed by atoms with Crippen LogP contribution in [-0.4, -0.2) is 37.7 Å². The number of ether oxygens (including phenoxy) is 4. The van der Waals surface area contributed by atoms with Gasteiger partial charge in [-0.2, -0.15) is 0 Å². The van der Waals surface area contributed by atoms with Gasteiger partial charge in [0.2, 0.25) is 0 Å². The van der Waals surface area contributed by atoms with Gasteiger partial charge in [0, 0.05) is 18.4 Å². The van der Waals surface area contributed by atoms with Gasteiger partial charge in [0.15, 0.2) is 6.29 Å². The molecule has 0 N–H and O–H groups in total. The van der Waals surface area contributed by atoms with Crippen molar-refractivity contribution in [1.29, 1.82) is 0 Å². The van der Waals surface area contributed by atoms with E-state index in [9.17, 15) is 9.59 Å². The van der Waals surface area contributed by atoms with Crippen molar-refractivity contribution in [2.24, 2.45) is 0 Å². The molecule has 0 bridgehead atoms. The Morgan fingerprint density at radius 2 is 2.00 bits per heavy atom. The van der Waals surface area contributed by atoms with E-state index in [-0.39, 0.29) is 37.4 Å². The monoisotopic (exact) mass is 362 g/mol. The lowest BCUT2D eigenvalue weighted by Crippen LogP contribution is -2.33. The summed E-state index contributed by atoms with van der Waals surface area (Å²) in [6.07, 6.45) is 2.15. The molecule has 6 heteroatoms. The Hall–Kier alpha value is -2.18. The van der Waals surface area contributed by atoms with Gasteiger partial charge in [-0.15, -0.1) is 6.58 Å². The molecule has 1 heterocycles. The van der Waals surface area contributed by atoms with Crippen LogP contribution >= 0.6 is 0 Å². The molecule has 1 aliphatic heterocycles. The molecule has 142 valence electrons. The van der Waals surface area contributed by atoms with Crippen molar-refractivity contribution in [3.8, 4) is 5.75 Å². The van der Waals surface area contributed by atoms with Crippen LogP contribution in [0.4, 0.5) is 0 Å². The lowest BCUT2D eigenvalue weighted by molar-refractivity contribution is -0.238. The van der Waals surface area contributed by atoms with Crippen molar-refractivity contribution in [3.63, 3.8) is 0 Å². The van der Waals surface area contributed by atoms with Crippen molar-refractivity contribution in [3.05, 3.63) is 42.5 Å². The lowest BCUT2D eigenvalue weighted by atomic mass is 10.0. The largest absolute Gasteiger partial charge is 0.497 e. The normalized spacial score (nSPS) is 22.5. The summed E-state index contributed by atoms with van der Waals surface area (Å²) in [6, 6.07) is 7.46. The first-order chi connectivity index (χ1) is 12.5. The van der Waals surface area contributed by atoms with Crippen LogP contribution in [0.15, 0.2) is 36.9 Å². The highest BCUT2D eigenvalue weighted by Crippen LogP contribution is 2.32. The highest BCUT2D eigenvalue weighted by Gasteiger charge is 2.30. The summed E-state index contributed by atoms with van der Waals surface area (Å²) >= 11 is 0. The summed E-state index contributed by atoms with van der Waals surface area (Å²) in [5, 5.41) is 0. The van der Waals surface area contributed by atoms with Gasteiger partial charge >= 0.3 is 5.97 Å². The maximum atomic E-state index is 11.9. The number of benzene rings is 1. The van der Waals surface area contributed by atoms with Crippen molar-refractivity contribution in [2.75, 3.05) is 13.7 Å². The van der Waals surface area contributed by atoms with Gasteiger partial charge in [0.25, 0.3) is 0 Å². The standard InChI is InChI=1S/C20H26O6/c1-4-16-13-18(11-8-15(21)12-19(22)24-5-2)26-20(25-16)14-6-9-17(23-3)10-7-14/h4,6-7,9-10,16,18,20H,1,5,8,11-13H2,2-3H3. The molecule has 0 spiro atoms. The van der Waals surface area contributed by atoms with E-state index in [1.54, 1.807) is 20.1 Å². The first-order valence-electron chi connectivity index (χ1n) is 8.80. The molecule has 2 rings (SSSR count). The average Bonchev–Trinajstić information content (AvgIpc) is 2.66. The molecule has 26 heavy (non-hydrogen) atoms. The summed E-state index contributed by atoms with van der Waals surface area (Å²) in [4.78, 5) is 23.3. The van der Waals surface area contributed by atoms with Gasteiger partial charge in [-0.25, -0.2) is 0 Å². The van der Waals surface area contributed by atoms with E-state index in [0.717, 1.165) is 11.3 Å². The second kappa shape index (κ2) is 10.1. The Morgan fingerprint density at radius 1 is 1.27 bits per heavy atom. The molecule has 1 saturated heterocycles. The Kier molecular flexibility index (Phi) is 7.81. The zero-order valence-electron chi connectivity index (χ0n) is 15.3. The van der Waals surface area contributed by atoms with Gasteiger partial charge in [0.1, 0.15) is 18.0 Å². The van der Waals surface area contributed by atoms with Crippen LogP contribution in [0.3, 0.4) is 0 Å². The van der Waals surface area contributed by atoms with Crippen LogP contribution < -0.4 is 4.74 Å². The van der Waals surface area contributed by atoms with Gasteiger partial charge in [0.05, 0.1) is 25.9 Å². The Balaban J connectivity index is 1.92. The maximum absolute atomic E-state index is 11.9. The van der Waals surface area contributed by atoms with E-state index < -0.39 is 12.3 Å². The molecule has 0 saturated carbocycles. The smallest absolute Gasteiger partial charge is 0.313 e. The van der Waals surface area contributed by atoms with Gasteiger partial charge in [-0.05, 0) is 25.5 Å². The van der Waals surface area contributed by atoms with Gasteiger partial charge in [-0.3, -0.25) is 9.59 Å². The van der Waals surface area contributed by atoms with Crippen LogP contribution in [0.2, 0.25) is 0 Å². The first-order valence-corrected chi connectivity index (χ1v) is 8.80. The van der Waals surface area contributed by atoms with E-state index in [0.29, 0.717) is 12.8 Å². The van der Waals surface area contributed by atoms with Crippen molar-refractivity contribution in [1.82, 2.24) is 0 Å². The average molecular weight is 362 g/mol. The van der Waals surface area contributed by atoms with E-state index in [1.165, 1.54) is 0 Å². The number of Topliss-reactive ketones (excluding diaryl/α,β-unsaturated/α-hetero) is 1. The number of ketones is 1. The molecule has 3 unspecified atom stereocenters. The highest BCUT2D eigenvalue weighted by molar-refractivity contribution is 5.95. The number of methoxy groups -OCH3 is 1. The molecular formula is C20H26O6. The predicted octanol–water partition coefficient (Wildman–Crippen LogP) is 3.36. The van der Waals surface area contributed by atoms with Crippen molar-refractivity contribution < 1.29 is 28.5 Å². The number of rotatable bonds is 9. The van der Waals surface area contributed by atoms with Crippen molar-refractivity contribution >= 4 is 11.8 Å². The lowest BCUT2D eigenvalue weighted by Gasteiger charge is -2.34. The molecule has 6 nitrogen and oxygen atoms in total. The fourth-order valence-electron chi connectivity index (χ4n) is 2.78. The predicted molar refractivity (Wildman–Crippen MR) is 95.8 cm³/mol. The SMILES string of the molecule is C=CC1CC(CCC(=O)CC(=O)OCC)OC(c2ccc(OC)cc2)O1. The molecule has 1 aromatic rings. The summed E-state index contributed by atoms with van der Waals surface area (Å²) in [5.74, 6) is 0.131. The van der Waals surface area contributed by atoms with Gasteiger partial charge < -0.3 is 18.9 Å². The molecule has 0 amide bonds. The minimum absolute atomic E-state index is 0.144. The third-order valence-corrected chi connectivity index (χ3v) is 4.15.